The lowest BCUT2D eigenvalue weighted by atomic mass is 10.0. The number of halogens is 1. The van der Waals surface area contributed by atoms with Crippen LogP contribution in [-0.2, 0) is 9.59 Å². The molecule has 0 saturated heterocycles. The van der Waals surface area contributed by atoms with Crippen LogP contribution in [0.2, 0.25) is 0 Å². The van der Waals surface area contributed by atoms with Crippen molar-refractivity contribution >= 4 is 24.2 Å². The van der Waals surface area contributed by atoms with Crippen molar-refractivity contribution in [3.8, 4) is 0 Å². The molecule has 0 saturated carbocycles. The molecule has 1 atom stereocenters. The molecule has 0 fully saturated rings. The third kappa shape index (κ3) is 6.81. The molecule has 5 nitrogen and oxygen atoms in total. The van der Waals surface area contributed by atoms with E-state index in [-0.39, 0.29) is 36.1 Å². The van der Waals surface area contributed by atoms with Crippen LogP contribution in [0.3, 0.4) is 0 Å². The van der Waals surface area contributed by atoms with Crippen molar-refractivity contribution in [3.05, 3.63) is 0 Å². The zero-order valence-electron chi connectivity index (χ0n) is 11.9. The molecule has 0 bridgehead atoms. The molecule has 0 radical (unpaired) electrons. The van der Waals surface area contributed by atoms with E-state index in [4.69, 9.17) is 5.73 Å². The van der Waals surface area contributed by atoms with E-state index in [2.05, 4.69) is 5.32 Å². The fourth-order valence-corrected chi connectivity index (χ4v) is 1.20. The summed E-state index contributed by atoms with van der Waals surface area (Å²) in [5, 5.41) is 2.76. The second-order valence-electron chi connectivity index (χ2n) is 4.98. The van der Waals surface area contributed by atoms with Gasteiger partial charge in [-0.3, -0.25) is 9.59 Å². The molecule has 0 heterocycles. The monoisotopic (exact) mass is 279 g/mol. The van der Waals surface area contributed by atoms with Crippen LogP contribution in [-0.4, -0.2) is 42.9 Å². The fourth-order valence-electron chi connectivity index (χ4n) is 1.20. The lowest BCUT2D eigenvalue weighted by molar-refractivity contribution is -0.132. The molecule has 0 unspecified atom stereocenters. The van der Waals surface area contributed by atoms with E-state index in [9.17, 15) is 9.59 Å². The van der Waals surface area contributed by atoms with Gasteiger partial charge in [0, 0.05) is 26.1 Å². The van der Waals surface area contributed by atoms with Gasteiger partial charge in [-0.2, -0.15) is 0 Å². The molecule has 0 aromatic rings. The van der Waals surface area contributed by atoms with E-state index in [1.165, 1.54) is 0 Å². The summed E-state index contributed by atoms with van der Waals surface area (Å²) in [4.78, 5) is 24.6. The van der Waals surface area contributed by atoms with Gasteiger partial charge >= 0.3 is 0 Å². The number of hydrogen-bond donors (Lipinski definition) is 2. The van der Waals surface area contributed by atoms with Crippen LogP contribution in [0.5, 0.6) is 0 Å². The van der Waals surface area contributed by atoms with Crippen LogP contribution in [0.4, 0.5) is 0 Å². The minimum Gasteiger partial charge on any atom is -0.354 e. The van der Waals surface area contributed by atoms with Crippen molar-refractivity contribution in [3.63, 3.8) is 0 Å². The number of likely N-dealkylation sites (N-methyl/N-ethyl adjacent to an activating group) is 1. The Morgan fingerprint density at radius 1 is 1.22 bits per heavy atom. The van der Waals surface area contributed by atoms with E-state index >= 15 is 0 Å². The first-order chi connectivity index (χ1) is 7.77. The number of nitrogens with zero attached hydrogens (tertiary/aromatic N) is 1. The second kappa shape index (κ2) is 9.16. The Hall–Kier alpha value is -0.810. The van der Waals surface area contributed by atoms with Gasteiger partial charge in [-0.25, -0.2) is 0 Å². The highest BCUT2D eigenvalue weighted by molar-refractivity contribution is 5.85. The molecule has 2 amide bonds. The van der Waals surface area contributed by atoms with Crippen LogP contribution in [0, 0.1) is 11.8 Å². The number of rotatable bonds is 6. The van der Waals surface area contributed by atoms with Crippen molar-refractivity contribution in [1.29, 1.82) is 0 Å². The highest BCUT2D eigenvalue weighted by Gasteiger charge is 2.20. The average molecular weight is 280 g/mol. The Labute approximate surface area is 116 Å². The van der Waals surface area contributed by atoms with Gasteiger partial charge in [0.1, 0.15) is 0 Å². The van der Waals surface area contributed by atoms with Gasteiger partial charge in [0.05, 0.1) is 6.04 Å². The van der Waals surface area contributed by atoms with E-state index in [1.807, 2.05) is 27.7 Å². The predicted molar refractivity (Wildman–Crippen MR) is 75.5 cm³/mol. The van der Waals surface area contributed by atoms with Gasteiger partial charge < -0.3 is 16.0 Å². The van der Waals surface area contributed by atoms with Gasteiger partial charge in [-0.1, -0.05) is 27.7 Å². The topological polar surface area (TPSA) is 75.4 Å². The third-order valence-electron chi connectivity index (χ3n) is 2.65. The molecule has 108 valence electrons. The van der Waals surface area contributed by atoms with E-state index < -0.39 is 6.04 Å². The first-order valence-electron chi connectivity index (χ1n) is 6.05. The van der Waals surface area contributed by atoms with E-state index in [0.29, 0.717) is 13.1 Å². The molecule has 0 aliphatic carbocycles. The van der Waals surface area contributed by atoms with Crippen molar-refractivity contribution < 1.29 is 9.59 Å². The summed E-state index contributed by atoms with van der Waals surface area (Å²) in [5.41, 5.74) is 5.76. The summed E-state index contributed by atoms with van der Waals surface area (Å²) in [6, 6.07) is -0.471. The molecule has 0 aliphatic rings. The molecule has 0 aliphatic heterocycles. The lowest BCUT2D eigenvalue weighted by Crippen LogP contribution is -2.47. The zero-order chi connectivity index (χ0) is 13.6. The summed E-state index contributed by atoms with van der Waals surface area (Å²) in [6.07, 6.45) is 0. The quantitative estimate of drug-likeness (QED) is 0.748. The summed E-state index contributed by atoms with van der Waals surface area (Å²) < 4.78 is 0. The number of carbonyl (C=O) groups is 2. The Bertz CT molecular complexity index is 270. The largest absolute Gasteiger partial charge is 0.354 e. The minimum absolute atomic E-state index is 0. The lowest BCUT2D eigenvalue weighted by Gasteiger charge is -2.23. The van der Waals surface area contributed by atoms with Crippen LogP contribution in [0.25, 0.3) is 0 Å². The molecule has 0 spiro atoms. The Morgan fingerprint density at radius 2 is 1.72 bits per heavy atom. The van der Waals surface area contributed by atoms with Crippen molar-refractivity contribution in [2.75, 3.05) is 20.1 Å². The molecule has 0 aromatic carbocycles. The minimum atomic E-state index is -0.471. The van der Waals surface area contributed by atoms with Gasteiger partial charge in [0.2, 0.25) is 11.8 Å². The van der Waals surface area contributed by atoms with Crippen molar-refractivity contribution in [2.45, 2.75) is 33.7 Å². The smallest absolute Gasteiger partial charge is 0.239 e. The number of amides is 2. The summed E-state index contributed by atoms with van der Waals surface area (Å²) in [5.74, 6) is 0.00179. The first kappa shape index (κ1) is 19.5. The van der Waals surface area contributed by atoms with Gasteiger partial charge in [-0.15, -0.1) is 12.4 Å². The number of carbonyl (C=O) groups excluding carboxylic acids is 2. The van der Waals surface area contributed by atoms with E-state index in [0.717, 1.165) is 0 Å². The molecule has 0 aromatic heterocycles. The predicted octanol–water partition coefficient (Wildman–Crippen LogP) is 0.622. The summed E-state index contributed by atoms with van der Waals surface area (Å²) in [6.45, 7) is 8.44. The highest BCUT2D eigenvalue weighted by atomic mass is 35.5. The Balaban J connectivity index is 0. The first-order valence-corrected chi connectivity index (χ1v) is 6.05. The Morgan fingerprint density at radius 3 is 2.11 bits per heavy atom. The van der Waals surface area contributed by atoms with Crippen molar-refractivity contribution in [1.82, 2.24) is 10.2 Å². The maximum atomic E-state index is 11.8. The number of nitrogens with one attached hydrogen (secondary N) is 1. The normalized spacial score (nSPS) is 12.0. The van der Waals surface area contributed by atoms with Crippen LogP contribution >= 0.6 is 12.4 Å². The average Bonchev–Trinajstić information content (AvgIpc) is 2.26. The van der Waals surface area contributed by atoms with Gasteiger partial charge in [0.15, 0.2) is 0 Å². The van der Waals surface area contributed by atoms with Crippen LogP contribution in [0.15, 0.2) is 0 Å². The maximum absolute atomic E-state index is 11.8. The maximum Gasteiger partial charge on any atom is 0.239 e. The fraction of sp³-hybridized carbons (Fsp3) is 0.833. The zero-order valence-corrected chi connectivity index (χ0v) is 12.7. The number of hydrogen-bond acceptors (Lipinski definition) is 3. The molecular formula is C12H26ClN3O2. The molecular weight excluding hydrogens is 254 g/mol. The van der Waals surface area contributed by atoms with Crippen LogP contribution in [0.1, 0.15) is 27.7 Å². The third-order valence-corrected chi connectivity index (χ3v) is 2.65. The van der Waals surface area contributed by atoms with Crippen molar-refractivity contribution in [2.24, 2.45) is 17.6 Å². The molecule has 0 rings (SSSR count). The summed E-state index contributed by atoms with van der Waals surface area (Å²) in [7, 11) is 1.70. The molecule has 3 N–H and O–H groups in total. The second-order valence-corrected chi connectivity index (χ2v) is 4.98. The molecule has 18 heavy (non-hydrogen) atoms. The number of nitrogens with two attached hydrogens (primary N) is 1. The van der Waals surface area contributed by atoms with Crippen LogP contribution < -0.4 is 11.1 Å². The highest BCUT2D eigenvalue weighted by Crippen LogP contribution is 2.01. The summed E-state index contributed by atoms with van der Waals surface area (Å²) >= 11 is 0. The van der Waals surface area contributed by atoms with E-state index in [1.54, 1.807) is 11.9 Å². The van der Waals surface area contributed by atoms with Gasteiger partial charge in [-0.05, 0) is 5.92 Å². The SMILES string of the molecule is CC(C)C(=O)NCCN(C)C(=O)[C@@H](N)C(C)C.Cl. The standard InChI is InChI=1S/C12H25N3O2.ClH/c1-8(2)10(13)12(17)15(5)7-6-14-11(16)9(3)4;/h8-10H,6-7,13H2,1-5H3,(H,14,16);1H/t10-;/m0./s1. The Kier molecular flexibility index (Phi) is 9.94. The van der Waals surface area contributed by atoms with Gasteiger partial charge in [0.25, 0.3) is 0 Å². The molecule has 6 heteroatoms.